The van der Waals surface area contributed by atoms with Gasteiger partial charge in [0.25, 0.3) is 0 Å². The van der Waals surface area contributed by atoms with Gasteiger partial charge in [-0.2, -0.15) is 5.10 Å². The van der Waals surface area contributed by atoms with Gasteiger partial charge >= 0.3 is 0 Å². The zero-order valence-corrected chi connectivity index (χ0v) is 15.4. The molecule has 136 valence electrons. The Balaban J connectivity index is 1.70. The number of nitrogens with one attached hydrogen (secondary N) is 1. The van der Waals surface area contributed by atoms with Crippen LogP contribution in [0.2, 0.25) is 0 Å². The number of allylic oxidation sites excluding steroid dienone is 3. The Morgan fingerprint density at radius 3 is 2.63 bits per heavy atom. The van der Waals surface area contributed by atoms with Crippen molar-refractivity contribution in [2.24, 2.45) is 0 Å². The molecule has 0 fully saturated rings. The van der Waals surface area contributed by atoms with Gasteiger partial charge in [0.15, 0.2) is 0 Å². The van der Waals surface area contributed by atoms with Gasteiger partial charge < -0.3 is 5.32 Å². The van der Waals surface area contributed by atoms with E-state index in [9.17, 15) is 4.79 Å². The number of hydrogen-bond donors (Lipinski definition) is 1. The smallest absolute Gasteiger partial charge is 0.244 e. The molecule has 0 atom stereocenters. The molecule has 2 aromatic carbocycles. The molecule has 0 spiro atoms. The van der Waals surface area contributed by atoms with Crippen LogP contribution in [-0.4, -0.2) is 15.7 Å². The van der Waals surface area contributed by atoms with Gasteiger partial charge in [-0.1, -0.05) is 66.8 Å². The second kappa shape index (κ2) is 9.34. The maximum absolute atomic E-state index is 11.9. The summed E-state index contributed by atoms with van der Waals surface area (Å²) in [5.74, 6) is -0.0996. The largest absolute Gasteiger partial charge is 0.348 e. The molecule has 0 saturated heterocycles. The highest BCUT2D eigenvalue weighted by atomic mass is 16.1. The standard InChI is InChI=1S/C23H23N3O/c1-2-3-4-10-23(27)24-17-21-8-5-6-9-22(21)20-13-11-19(12-14-20)18-26-16-7-15-25-26/h2-16H,17-18H2,1H3,(H,24,27)/b3-2+,10-4+. The third kappa shape index (κ3) is 5.28. The lowest BCUT2D eigenvalue weighted by Crippen LogP contribution is -2.20. The molecule has 27 heavy (non-hydrogen) atoms. The van der Waals surface area contributed by atoms with Crippen molar-refractivity contribution in [3.8, 4) is 11.1 Å². The maximum Gasteiger partial charge on any atom is 0.244 e. The lowest BCUT2D eigenvalue weighted by Gasteiger charge is -2.11. The molecule has 4 nitrogen and oxygen atoms in total. The third-order valence-corrected chi connectivity index (χ3v) is 4.19. The van der Waals surface area contributed by atoms with Gasteiger partial charge in [0.05, 0.1) is 6.54 Å². The van der Waals surface area contributed by atoms with Crippen molar-refractivity contribution in [3.63, 3.8) is 0 Å². The quantitative estimate of drug-likeness (QED) is 0.505. The zero-order chi connectivity index (χ0) is 18.9. The van der Waals surface area contributed by atoms with E-state index in [0.717, 1.165) is 23.2 Å². The number of carbonyl (C=O) groups excluding carboxylic acids is 1. The fraction of sp³-hybridized carbons (Fsp3) is 0.130. The van der Waals surface area contributed by atoms with Crippen molar-refractivity contribution < 1.29 is 4.79 Å². The zero-order valence-electron chi connectivity index (χ0n) is 15.4. The van der Waals surface area contributed by atoms with Crippen LogP contribution in [0.25, 0.3) is 11.1 Å². The molecule has 4 heteroatoms. The normalized spacial score (nSPS) is 11.3. The Labute approximate surface area is 159 Å². The summed E-state index contributed by atoms with van der Waals surface area (Å²) < 4.78 is 1.90. The summed E-state index contributed by atoms with van der Waals surface area (Å²) in [5, 5.41) is 7.18. The van der Waals surface area contributed by atoms with Crippen molar-refractivity contribution in [1.29, 1.82) is 0 Å². The van der Waals surface area contributed by atoms with Gasteiger partial charge in [-0.3, -0.25) is 9.48 Å². The SMILES string of the molecule is C/C=C/C=C/C(=O)NCc1ccccc1-c1ccc(Cn2cccn2)cc1. The summed E-state index contributed by atoms with van der Waals surface area (Å²) in [5.41, 5.74) is 4.54. The van der Waals surface area contributed by atoms with Crippen LogP contribution in [0.3, 0.4) is 0 Å². The molecule has 3 aromatic rings. The first kappa shape index (κ1) is 18.4. The van der Waals surface area contributed by atoms with E-state index in [0.29, 0.717) is 6.54 Å². The molecule has 0 aliphatic heterocycles. The Bertz CT molecular complexity index is 923. The van der Waals surface area contributed by atoms with Crippen LogP contribution in [0.4, 0.5) is 0 Å². The van der Waals surface area contributed by atoms with Crippen LogP contribution in [0.15, 0.2) is 91.3 Å². The number of nitrogens with zero attached hydrogens (tertiary/aromatic N) is 2. The predicted molar refractivity (Wildman–Crippen MR) is 109 cm³/mol. The van der Waals surface area contributed by atoms with Crippen LogP contribution in [-0.2, 0) is 17.9 Å². The van der Waals surface area contributed by atoms with E-state index in [-0.39, 0.29) is 5.91 Å². The molecule has 1 amide bonds. The van der Waals surface area contributed by atoms with Crippen LogP contribution in [0.1, 0.15) is 18.1 Å². The van der Waals surface area contributed by atoms with E-state index in [1.807, 2.05) is 54.2 Å². The van der Waals surface area contributed by atoms with Gasteiger partial charge in [-0.15, -0.1) is 0 Å². The minimum absolute atomic E-state index is 0.0996. The lowest BCUT2D eigenvalue weighted by molar-refractivity contribution is -0.116. The predicted octanol–water partition coefficient (Wildman–Crippen LogP) is 4.35. The highest BCUT2D eigenvalue weighted by Crippen LogP contribution is 2.24. The molecule has 3 rings (SSSR count). The van der Waals surface area contributed by atoms with E-state index in [1.165, 1.54) is 11.6 Å². The van der Waals surface area contributed by atoms with Crippen molar-refractivity contribution in [2.75, 3.05) is 0 Å². The number of hydrogen-bond acceptors (Lipinski definition) is 2. The Morgan fingerprint density at radius 1 is 1.07 bits per heavy atom. The average Bonchev–Trinajstić information content (AvgIpc) is 3.20. The van der Waals surface area contributed by atoms with E-state index in [2.05, 4.69) is 40.7 Å². The summed E-state index contributed by atoms with van der Waals surface area (Å²) in [6.45, 7) is 3.16. The van der Waals surface area contributed by atoms with Crippen LogP contribution in [0.5, 0.6) is 0 Å². The van der Waals surface area contributed by atoms with Gasteiger partial charge in [0.1, 0.15) is 0 Å². The number of amides is 1. The monoisotopic (exact) mass is 357 g/mol. The molecule has 0 aliphatic carbocycles. The third-order valence-electron chi connectivity index (χ3n) is 4.19. The number of benzene rings is 2. The second-order valence-corrected chi connectivity index (χ2v) is 6.16. The molecule has 1 heterocycles. The topological polar surface area (TPSA) is 46.9 Å². The average molecular weight is 357 g/mol. The minimum atomic E-state index is -0.0996. The van der Waals surface area contributed by atoms with Gasteiger partial charge in [0.2, 0.25) is 5.91 Å². The van der Waals surface area contributed by atoms with Crippen LogP contribution in [0, 0.1) is 0 Å². The Morgan fingerprint density at radius 2 is 1.89 bits per heavy atom. The molecule has 0 bridgehead atoms. The molecule has 1 aromatic heterocycles. The first-order chi connectivity index (χ1) is 13.3. The molecule has 1 N–H and O–H groups in total. The number of aromatic nitrogens is 2. The fourth-order valence-corrected chi connectivity index (χ4v) is 2.82. The van der Waals surface area contributed by atoms with Gasteiger partial charge in [0, 0.05) is 25.0 Å². The summed E-state index contributed by atoms with van der Waals surface area (Å²) in [7, 11) is 0. The first-order valence-corrected chi connectivity index (χ1v) is 8.98. The highest BCUT2D eigenvalue weighted by molar-refractivity contribution is 5.87. The van der Waals surface area contributed by atoms with Crippen molar-refractivity contribution in [3.05, 3.63) is 102 Å². The number of carbonyl (C=O) groups is 1. The first-order valence-electron chi connectivity index (χ1n) is 8.98. The van der Waals surface area contributed by atoms with Crippen molar-refractivity contribution >= 4 is 5.91 Å². The Kier molecular flexibility index (Phi) is 6.36. The van der Waals surface area contributed by atoms with Crippen molar-refractivity contribution in [1.82, 2.24) is 15.1 Å². The van der Waals surface area contributed by atoms with E-state index >= 15 is 0 Å². The van der Waals surface area contributed by atoms with E-state index in [4.69, 9.17) is 0 Å². The molecular formula is C23H23N3O. The van der Waals surface area contributed by atoms with Crippen LogP contribution >= 0.6 is 0 Å². The van der Waals surface area contributed by atoms with E-state index < -0.39 is 0 Å². The Hall–Kier alpha value is -3.40. The van der Waals surface area contributed by atoms with Crippen molar-refractivity contribution in [2.45, 2.75) is 20.0 Å². The highest BCUT2D eigenvalue weighted by Gasteiger charge is 2.06. The lowest BCUT2D eigenvalue weighted by atomic mass is 9.98. The van der Waals surface area contributed by atoms with Gasteiger partial charge in [-0.25, -0.2) is 0 Å². The summed E-state index contributed by atoms with van der Waals surface area (Å²) in [4.78, 5) is 11.9. The summed E-state index contributed by atoms with van der Waals surface area (Å²) >= 11 is 0. The fourth-order valence-electron chi connectivity index (χ4n) is 2.82. The maximum atomic E-state index is 11.9. The molecule has 0 aliphatic rings. The van der Waals surface area contributed by atoms with Crippen LogP contribution < -0.4 is 5.32 Å². The molecular weight excluding hydrogens is 334 g/mol. The summed E-state index contributed by atoms with van der Waals surface area (Å²) in [6, 6.07) is 18.5. The molecule has 0 radical (unpaired) electrons. The summed E-state index contributed by atoms with van der Waals surface area (Å²) in [6.07, 6.45) is 10.7. The molecule has 0 unspecified atom stereocenters. The van der Waals surface area contributed by atoms with E-state index in [1.54, 1.807) is 12.3 Å². The van der Waals surface area contributed by atoms with Gasteiger partial charge in [-0.05, 0) is 35.2 Å². The minimum Gasteiger partial charge on any atom is -0.348 e. The second-order valence-electron chi connectivity index (χ2n) is 6.16. The molecule has 0 saturated carbocycles. The number of rotatable bonds is 7.